The van der Waals surface area contributed by atoms with Gasteiger partial charge in [0.25, 0.3) is 0 Å². The molecule has 19 atom stereocenters. The van der Waals surface area contributed by atoms with Crippen molar-refractivity contribution in [2.75, 3.05) is 0 Å². The van der Waals surface area contributed by atoms with Crippen LogP contribution in [0.2, 0.25) is 0 Å². The van der Waals surface area contributed by atoms with Crippen LogP contribution in [-0.4, -0.2) is 44.1 Å². The molecule has 0 aromatic heterocycles. The van der Waals surface area contributed by atoms with Crippen molar-refractivity contribution in [2.24, 2.45) is 98.6 Å². The third kappa shape index (κ3) is 6.11. The molecule has 0 amide bonds. The maximum atomic E-state index is 13.0. The predicted octanol–water partition coefficient (Wildman–Crippen LogP) is 10.6. The second-order valence-corrected chi connectivity index (χ2v) is 23.0. The fourth-order valence-electron chi connectivity index (χ4n) is 18.6. The lowest BCUT2D eigenvalue weighted by Crippen LogP contribution is -2.58. The van der Waals surface area contributed by atoms with Gasteiger partial charge in [-0.15, -0.1) is 0 Å². The minimum Gasteiger partial charge on any atom is -0.481 e. The smallest absolute Gasteiger partial charge is 0.303 e. The first-order valence-electron chi connectivity index (χ1n) is 23.3. The summed E-state index contributed by atoms with van der Waals surface area (Å²) in [6.07, 6.45) is 21.6. The lowest BCUT2D eigenvalue weighted by atomic mass is 9.42. The van der Waals surface area contributed by atoms with Crippen molar-refractivity contribution in [3.63, 3.8) is 0 Å². The number of aliphatic carboxylic acids is 2. The molecule has 0 heterocycles. The summed E-state index contributed by atoms with van der Waals surface area (Å²) in [5.41, 5.74) is 0.164. The first-order chi connectivity index (χ1) is 25.4. The molecule has 4 N–H and O–H groups in total. The Balaban J connectivity index is 0.976. The Morgan fingerprint density at radius 2 is 1.15 bits per heavy atom. The second kappa shape index (κ2) is 14.0. The first kappa shape index (κ1) is 39.7. The summed E-state index contributed by atoms with van der Waals surface area (Å²) < 4.78 is 0. The van der Waals surface area contributed by atoms with Gasteiger partial charge in [-0.2, -0.15) is 0 Å². The number of aliphatic hydroxyl groups excluding tert-OH is 1. The third-order valence-corrected chi connectivity index (χ3v) is 21.4. The molecule has 0 radical (unpaired) electrons. The van der Waals surface area contributed by atoms with Gasteiger partial charge in [0.15, 0.2) is 0 Å². The van der Waals surface area contributed by atoms with Gasteiger partial charge in [-0.05, 0) is 215 Å². The van der Waals surface area contributed by atoms with E-state index in [1.807, 2.05) is 0 Å². The molecule has 8 rings (SSSR count). The molecule has 0 aromatic rings. The summed E-state index contributed by atoms with van der Waals surface area (Å²) in [5, 5.41) is 43.3. The molecule has 8 aliphatic rings. The molecule has 54 heavy (non-hydrogen) atoms. The monoisotopic (exact) mass is 751 g/mol. The molecule has 0 saturated heterocycles. The molecule has 6 heteroatoms. The van der Waals surface area contributed by atoms with Crippen LogP contribution in [0.15, 0.2) is 0 Å². The van der Waals surface area contributed by atoms with E-state index in [1.54, 1.807) is 0 Å². The van der Waals surface area contributed by atoms with Gasteiger partial charge in [-0.25, -0.2) is 0 Å². The lowest BCUT2D eigenvalue weighted by Gasteiger charge is -2.63. The second-order valence-electron chi connectivity index (χ2n) is 23.0. The minimum absolute atomic E-state index is 0.0837. The van der Waals surface area contributed by atoms with Crippen molar-refractivity contribution in [3.05, 3.63) is 0 Å². The molecule has 306 valence electrons. The van der Waals surface area contributed by atoms with E-state index < -0.39 is 17.5 Å². The summed E-state index contributed by atoms with van der Waals surface area (Å²) in [6.45, 7) is 15.0. The van der Waals surface area contributed by atoms with E-state index in [2.05, 4.69) is 41.5 Å². The van der Waals surface area contributed by atoms with Gasteiger partial charge in [0.05, 0.1) is 18.1 Å². The number of hydrogen-bond acceptors (Lipinski definition) is 4. The van der Waals surface area contributed by atoms with Crippen LogP contribution in [-0.2, 0) is 9.59 Å². The zero-order valence-corrected chi connectivity index (χ0v) is 35.0. The molecule has 6 unspecified atom stereocenters. The van der Waals surface area contributed by atoms with Crippen molar-refractivity contribution >= 4 is 11.9 Å². The van der Waals surface area contributed by atoms with Crippen LogP contribution in [0.4, 0.5) is 0 Å². The van der Waals surface area contributed by atoms with Crippen molar-refractivity contribution < 1.29 is 30.0 Å². The van der Waals surface area contributed by atoms with Crippen LogP contribution in [0.1, 0.15) is 176 Å². The number of aliphatic hydroxyl groups is 2. The van der Waals surface area contributed by atoms with Crippen LogP contribution in [0, 0.1) is 98.6 Å². The van der Waals surface area contributed by atoms with Crippen LogP contribution in [0.25, 0.3) is 0 Å². The van der Waals surface area contributed by atoms with E-state index >= 15 is 0 Å². The Labute approximate surface area is 327 Å². The van der Waals surface area contributed by atoms with Gasteiger partial charge in [0, 0.05) is 12.3 Å². The largest absolute Gasteiger partial charge is 0.481 e. The Bertz CT molecular complexity index is 1430. The summed E-state index contributed by atoms with van der Waals surface area (Å²) in [5.74, 6) is 5.55. The maximum Gasteiger partial charge on any atom is 0.303 e. The number of carboxylic acid groups (broad SMARTS) is 2. The van der Waals surface area contributed by atoms with Gasteiger partial charge in [0.1, 0.15) is 0 Å². The molecule has 8 saturated carbocycles. The molecule has 8 aliphatic carbocycles. The van der Waals surface area contributed by atoms with Crippen molar-refractivity contribution in [1.82, 2.24) is 0 Å². The van der Waals surface area contributed by atoms with Gasteiger partial charge in [-0.3, -0.25) is 9.59 Å². The molecule has 0 aliphatic heterocycles. The first-order valence-corrected chi connectivity index (χ1v) is 23.3. The van der Waals surface area contributed by atoms with Crippen molar-refractivity contribution in [2.45, 2.75) is 188 Å². The molecule has 8 fully saturated rings. The highest BCUT2D eigenvalue weighted by atomic mass is 16.4. The predicted molar refractivity (Wildman–Crippen MR) is 212 cm³/mol. The van der Waals surface area contributed by atoms with Crippen LogP contribution >= 0.6 is 0 Å². The average Bonchev–Trinajstić information content (AvgIpc) is 3.66. The summed E-state index contributed by atoms with van der Waals surface area (Å²) >= 11 is 0. The highest BCUT2D eigenvalue weighted by Crippen LogP contribution is 2.72. The van der Waals surface area contributed by atoms with E-state index in [1.165, 1.54) is 77.0 Å². The van der Waals surface area contributed by atoms with Gasteiger partial charge >= 0.3 is 11.9 Å². The van der Waals surface area contributed by atoms with Crippen LogP contribution < -0.4 is 0 Å². The Morgan fingerprint density at radius 1 is 0.611 bits per heavy atom. The van der Waals surface area contributed by atoms with Gasteiger partial charge < -0.3 is 20.4 Å². The summed E-state index contributed by atoms with van der Waals surface area (Å²) in [7, 11) is 0. The Kier molecular flexibility index (Phi) is 10.3. The number of carboxylic acids is 2. The molecule has 0 bridgehead atoms. The zero-order valence-electron chi connectivity index (χ0n) is 35.0. The molecule has 0 spiro atoms. The standard InChI is InChI=1S/C48H78O6/c1-28(7-16-42(50)51)35-12-14-37-34-11-9-31-27-48(54,24-23-45(31,4)40(34)18-21-46(35,37)5)41(26-43(52)53)29(2)36-13-15-38-33-10-8-30-25-32(49)17-20-44(30,3)39(33)19-22-47(36,38)6/h28-41,49,54H,7-27H2,1-6H3,(H,50,51)(H,52,53)/t28-,29+,30?,31?,32-,33+,34?,35-,36-,37?,38+,39+,40?,41?,44+,45+,46-,47-,48+/m1/s1. The zero-order chi connectivity index (χ0) is 38.6. The van der Waals surface area contributed by atoms with E-state index in [0.29, 0.717) is 52.3 Å². The van der Waals surface area contributed by atoms with E-state index in [-0.39, 0.29) is 41.6 Å². The van der Waals surface area contributed by atoms with E-state index in [9.17, 15) is 30.0 Å². The normalized spacial score (nSPS) is 52.7. The molecular formula is C48H78O6. The van der Waals surface area contributed by atoms with Gasteiger partial charge in [0.2, 0.25) is 0 Å². The third-order valence-electron chi connectivity index (χ3n) is 21.4. The fourth-order valence-corrected chi connectivity index (χ4v) is 18.6. The number of hydrogen-bond donors (Lipinski definition) is 4. The van der Waals surface area contributed by atoms with Crippen LogP contribution in [0.5, 0.6) is 0 Å². The molecule has 6 nitrogen and oxygen atoms in total. The average molecular weight is 751 g/mol. The quantitative estimate of drug-likeness (QED) is 0.187. The highest BCUT2D eigenvalue weighted by molar-refractivity contribution is 5.67. The van der Waals surface area contributed by atoms with E-state index in [0.717, 1.165) is 68.6 Å². The van der Waals surface area contributed by atoms with Gasteiger partial charge in [-0.1, -0.05) is 41.5 Å². The fraction of sp³-hybridized carbons (Fsp3) is 0.958. The lowest BCUT2D eigenvalue weighted by molar-refractivity contribution is -0.182. The Hall–Kier alpha value is -1.14. The number of carbonyl (C=O) groups is 2. The number of rotatable bonds is 9. The topological polar surface area (TPSA) is 115 Å². The van der Waals surface area contributed by atoms with Crippen LogP contribution in [0.3, 0.4) is 0 Å². The van der Waals surface area contributed by atoms with E-state index in [4.69, 9.17) is 0 Å². The Morgan fingerprint density at radius 3 is 1.76 bits per heavy atom. The van der Waals surface area contributed by atoms with Crippen molar-refractivity contribution in [1.29, 1.82) is 0 Å². The van der Waals surface area contributed by atoms with Crippen molar-refractivity contribution in [3.8, 4) is 0 Å². The minimum atomic E-state index is -0.920. The number of fused-ring (bicyclic) bond motifs is 10. The maximum absolute atomic E-state index is 13.0. The summed E-state index contributed by atoms with van der Waals surface area (Å²) in [6, 6.07) is 0. The molecular weight excluding hydrogens is 673 g/mol. The highest BCUT2D eigenvalue weighted by Gasteiger charge is 2.65. The summed E-state index contributed by atoms with van der Waals surface area (Å²) in [4.78, 5) is 24.1. The molecule has 0 aromatic carbocycles. The SMILES string of the molecule is C[C@H](CCC(=O)O)[C@H]1CCC2C3CCC4C[C@](O)(C(CC(=O)O)[C@@H](C)[C@H]5CC[C@H]6[C@@H]7CCC8C[C@H](O)CC[C@]8(C)[C@H]7CC[C@]56C)CC[C@]4(C)C3CC[C@@]21C.